The van der Waals surface area contributed by atoms with Gasteiger partial charge in [-0.15, -0.1) is 6.58 Å². The van der Waals surface area contributed by atoms with Crippen LogP contribution in [0.1, 0.15) is 5.69 Å². The van der Waals surface area contributed by atoms with Crippen molar-refractivity contribution < 1.29 is 13.2 Å². The molecule has 0 spiro atoms. The molecule has 0 saturated heterocycles. The second-order valence-corrected chi connectivity index (χ2v) is 6.39. The highest BCUT2D eigenvalue weighted by Gasteiger charge is 2.32. The van der Waals surface area contributed by atoms with Crippen molar-refractivity contribution in [1.82, 2.24) is 29.3 Å². The minimum atomic E-state index is -4.54. The van der Waals surface area contributed by atoms with Gasteiger partial charge in [0.1, 0.15) is 16.9 Å². The zero-order chi connectivity index (χ0) is 22.2. The summed E-state index contributed by atoms with van der Waals surface area (Å²) in [4.78, 5) is 28.9. The van der Waals surface area contributed by atoms with Gasteiger partial charge in [-0.05, 0) is 24.3 Å². The van der Waals surface area contributed by atoms with E-state index in [2.05, 4.69) is 31.8 Å². The van der Waals surface area contributed by atoms with Crippen molar-refractivity contribution in [3.63, 3.8) is 0 Å². The number of nitrogens with one attached hydrogen (secondary N) is 1. The van der Waals surface area contributed by atoms with Gasteiger partial charge >= 0.3 is 6.18 Å². The van der Waals surface area contributed by atoms with Crippen LogP contribution < -0.4 is 16.6 Å². The summed E-state index contributed by atoms with van der Waals surface area (Å²) in [5.74, 6) is 0.664. The Bertz CT molecular complexity index is 1320. The lowest BCUT2D eigenvalue weighted by Gasteiger charge is -2.11. The third kappa shape index (κ3) is 3.82. The quantitative estimate of drug-likeness (QED) is 0.470. The van der Waals surface area contributed by atoms with Gasteiger partial charge in [0.05, 0.1) is 18.4 Å². The molecule has 0 aliphatic heterocycles. The van der Waals surface area contributed by atoms with E-state index in [-0.39, 0.29) is 40.6 Å². The predicted octanol–water partition coefficient (Wildman–Crippen LogP) is 2.90. The second kappa shape index (κ2) is 7.55. The second-order valence-electron chi connectivity index (χ2n) is 6.39. The summed E-state index contributed by atoms with van der Waals surface area (Å²) >= 11 is 0. The Hall–Kier alpha value is -4.22. The van der Waals surface area contributed by atoms with E-state index in [1.165, 1.54) is 21.6 Å². The molecular formula is C19H15F3N8O. The first-order valence-electron chi connectivity index (χ1n) is 8.90. The van der Waals surface area contributed by atoms with Crippen LogP contribution in [0.5, 0.6) is 0 Å². The number of halogens is 3. The molecule has 0 fully saturated rings. The Morgan fingerprint density at radius 2 is 1.94 bits per heavy atom. The Kier molecular flexibility index (Phi) is 4.89. The minimum absolute atomic E-state index is 0.0578. The zero-order valence-corrected chi connectivity index (χ0v) is 15.8. The number of aromatic nitrogens is 6. The number of hydrogen-bond acceptors (Lipinski definition) is 7. The summed E-state index contributed by atoms with van der Waals surface area (Å²) in [6.45, 7) is 3.84. The summed E-state index contributed by atoms with van der Waals surface area (Å²) in [7, 11) is 0. The molecule has 0 unspecified atom stereocenters. The van der Waals surface area contributed by atoms with E-state index in [4.69, 9.17) is 5.73 Å². The summed E-state index contributed by atoms with van der Waals surface area (Å²) < 4.78 is 40.9. The first-order chi connectivity index (χ1) is 14.8. The molecule has 0 aromatic carbocycles. The van der Waals surface area contributed by atoms with Crippen molar-refractivity contribution >= 4 is 28.5 Å². The lowest BCUT2D eigenvalue weighted by molar-refractivity contribution is -0.141. The number of rotatable bonds is 5. The van der Waals surface area contributed by atoms with Crippen LogP contribution in [0.4, 0.5) is 30.6 Å². The first kappa shape index (κ1) is 20.1. The average Bonchev–Trinajstić information content (AvgIpc) is 2.99. The van der Waals surface area contributed by atoms with Gasteiger partial charge in [-0.2, -0.15) is 18.2 Å². The molecule has 12 heteroatoms. The van der Waals surface area contributed by atoms with Crippen LogP contribution in [0.25, 0.3) is 16.9 Å². The number of pyridine rings is 2. The van der Waals surface area contributed by atoms with E-state index < -0.39 is 11.9 Å². The zero-order valence-electron chi connectivity index (χ0n) is 15.8. The maximum atomic E-state index is 12.8. The van der Waals surface area contributed by atoms with Gasteiger partial charge in [0, 0.05) is 6.20 Å². The third-order valence-corrected chi connectivity index (χ3v) is 4.26. The fourth-order valence-corrected chi connectivity index (χ4v) is 2.93. The van der Waals surface area contributed by atoms with Crippen LogP contribution in [0, 0.1) is 0 Å². The molecule has 158 valence electrons. The highest BCUT2D eigenvalue weighted by molar-refractivity contribution is 5.77. The molecule has 31 heavy (non-hydrogen) atoms. The van der Waals surface area contributed by atoms with Crippen molar-refractivity contribution in [2.24, 2.45) is 0 Å². The molecule has 0 bridgehead atoms. The van der Waals surface area contributed by atoms with E-state index in [1.807, 2.05) is 0 Å². The highest BCUT2D eigenvalue weighted by Crippen LogP contribution is 2.28. The fourth-order valence-electron chi connectivity index (χ4n) is 2.93. The van der Waals surface area contributed by atoms with Crippen LogP contribution in [0.2, 0.25) is 0 Å². The summed E-state index contributed by atoms with van der Waals surface area (Å²) in [5.41, 5.74) is 4.89. The van der Waals surface area contributed by atoms with Crippen LogP contribution in [0.3, 0.4) is 0 Å². The Labute approximate surface area is 172 Å². The molecule has 4 rings (SSSR count). The lowest BCUT2D eigenvalue weighted by Crippen LogP contribution is -2.22. The summed E-state index contributed by atoms with van der Waals surface area (Å²) in [5, 5.41) is 3.01. The smallest absolute Gasteiger partial charge is 0.384 e. The largest absolute Gasteiger partial charge is 0.433 e. The molecule has 0 aliphatic rings. The molecule has 4 aromatic rings. The normalized spacial score (nSPS) is 11.6. The average molecular weight is 428 g/mol. The van der Waals surface area contributed by atoms with E-state index >= 15 is 0 Å². The molecule has 4 heterocycles. The number of nitrogens with zero attached hydrogens (tertiary/aromatic N) is 6. The molecule has 4 aromatic heterocycles. The standard InChI is InChI=1S/C19H15F3N8O/c1-2-8-29-17(31)12-10-25-18(26-11-6-7-13(24-9-11)19(20,21)22)28-16(12)30(29)15-5-3-4-14(23)27-15/h2-7,9-10H,1,8H2,(H2,23,27)(H,25,26,28). The number of fused-ring (bicyclic) bond motifs is 1. The molecule has 0 amide bonds. The Morgan fingerprint density at radius 3 is 2.58 bits per heavy atom. The summed E-state index contributed by atoms with van der Waals surface area (Å²) in [6, 6.07) is 6.99. The molecule has 0 aliphatic carbocycles. The highest BCUT2D eigenvalue weighted by atomic mass is 19.4. The van der Waals surface area contributed by atoms with E-state index in [9.17, 15) is 18.0 Å². The van der Waals surface area contributed by atoms with Gasteiger partial charge in [-0.3, -0.25) is 4.79 Å². The topological polar surface area (TPSA) is 117 Å². The number of nitrogens with two attached hydrogens (primary N) is 1. The van der Waals surface area contributed by atoms with Crippen LogP contribution in [0.15, 0.2) is 60.2 Å². The molecule has 9 nitrogen and oxygen atoms in total. The van der Waals surface area contributed by atoms with Gasteiger partial charge in [-0.25, -0.2) is 24.3 Å². The number of allylic oxidation sites excluding steroid dienone is 1. The van der Waals surface area contributed by atoms with Gasteiger partial charge in [0.2, 0.25) is 5.95 Å². The van der Waals surface area contributed by atoms with Crippen LogP contribution >= 0.6 is 0 Å². The minimum Gasteiger partial charge on any atom is -0.384 e. The predicted molar refractivity (Wildman–Crippen MR) is 108 cm³/mol. The maximum absolute atomic E-state index is 12.8. The summed E-state index contributed by atoms with van der Waals surface area (Å²) in [6.07, 6.45) is -0.648. The van der Waals surface area contributed by atoms with Gasteiger partial charge < -0.3 is 11.1 Å². The van der Waals surface area contributed by atoms with Crippen molar-refractivity contribution in [2.75, 3.05) is 11.1 Å². The van der Waals surface area contributed by atoms with Gasteiger partial charge in [0.25, 0.3) is 5.56 Å². The number of alkyl halides is 3. The van der Waals surface area contributed by atoms with E-state index in [0.29, 0.717) is 5.82 Å². The lowest BCUT2D eigenvalue weighted by atomic mass is 10.3. The van der Waals surface area contributed by atoms with Crippen LogP contribution in [-0.4, -0.2) is 29.3 Å². The van der Waals surface area contributed by atoms with E-state index in [0.717, 1.165) is 12.3 Å². The Balaban J connectivity index is 1.80. The van der Waals surface area contributed by atoms with Crippen molar-refractivity contribution in [2.45, 2.75) is 12.7 Å². The SMILES string of the molecule is C=CCn1c(=O)c2cnc(Nc3ccc(C(F)(F)F)nc3)nc2n1-c1cccc(N)n1. The third-order valence-electron chi connectivity index (χ3n) is 4.26. The number of hydrogen-bond donors (Lipinski definition) is 2. The van der Waals surface area contributed by atoms with Crippen molar-refractivity contribution in [3.8, 4) is 5.82 Å². The molecule has 0 radical (unpaired) electrons. The van der Waals surface area contributed by atoms with Crippen LogP contribution in [-0.2, 0) is 12.7 Å². The number of nitrogen functional groups attached to an aromatic ring is 1. The monoisotopic (exact) mass is 428 g/mol. The fraction of sp³-hybridized carbons (Fsp3) is 0.105. The molecule has 0 atom stereocenters. The Morgan fingerprint density at radius 1 is 1.13 bits per heavy atom. The van der Waals surface area contributed by atoms with Crippen molar-refractivity contribution in [1.29, 1.82) is 0 Å². The molecule has 3 N–H and O–H groups in total. The molecule has 0 saturated carbocycles. The maximum Gasteiger partial charge on any atom is 0.433 e. The van der Waals surface area contributed by atoms with Gasteiger partial charge in [0.15, 0.2) is 11.5 Å². The molecular weight excluding hydrogens is 413 g/mol. The number of anilines is 3. The van der Waals surface area contributed by atoms with Gasteiger partial charge in [-0.1, -0.05) is 12.1 Å². The van der Waals surface area contributed by atoms with Crippen molar-refractivity contribution in [3.05, 3.63) is 71.4 Å². The first-order valence-corrected chi connectivity index (χ1v) is 8.90. The van der Waals surface area contributed by atoms with E-state index in [1.54, 1.807) is 24.3 Å².